The normalized spacial score (nSPS) is 16.4. The highest BCUT2D eigenvalue weighted by atomic mass is 32.2. The van der Waals surface area contributed by atoms with E-state index in [1.54, 1.807) is 34.6 Å². The lowest BCUT2D eigenvalue weighted by Gasteiger charge is -2.33. The van der Waals surface area contributed by atoms with E-state index in [1.807, 2.05) is 31.2 Å². The summed E-state index contributed by atoms with van der Waals surface area (Å²) in [5.41, 5.74) is 2.12. The molecule has 0 N–H and O–H groups in total. The maximum Gasteiger partial charge on any atom is 0.252 e. The van der Waals surface area contributed by atoms with Gasteiger partial charge in [-0.15, -0.1) is 11.3 Å². The second kappa shape index (κ2) is 7.51. The molecular weight excluding hydrogens is 356 g/mol. The maximum atomic E-state index is 12.5. The van der Waals surface area contributed by atoms with Crippen molar-refractivity contribution in [1.29, 1.82) is 0 Å². The Kier molecular flexibility index (Phi) is 5.36. The number of sulfonamides is 1. The summed E-state index contributed by atoms with van der Waals surface area (Å²) in [6.07, 6.45) is 3.35. The third-order valence-electron chi connectivity index (χ3n) is 4.10. The second-order valence-electron chi connectivity index (χ2n) is 5.91. The van der Waals surface area contributed by atoms with Crippen LogP contribution in [-0.2, 0) is 14.8 Å². The zero-order valence-electron chi connectivity index (χ0n) is 14.0. The first-order chi connectivity index (χ1) is 12.0. The number of carbonyl (C=O) groups excluding carboxylic acids is 1. The van der Waals surface area contributed by atoms with Crippen LogP contribution in [0.25, 0.3) is 6.08 Å². The van der Waals surface area contributed by atoms with E-state index in [9.17, 15) is 13.2 Å². The lowest BCUT2D eigenvalue weighted by Crippen LogP contribution is -2.50. The number of hydrogen-bond acceptors (Lipinski definition) is 4. The third kappa shape index (κ3) is 4.18. The average Bonchev–Trinajstić information content (AvgIpc) is 3.15. The fourth-order valence-electron chi connectivity index (χ4n) is 2.73. The molecular formula is C18H20N2O3S2. The number of carbonyl (C=O) groups is 1. The van der Waals surface area contributed by atoms with Gasteiger partial charge in [-0.3, -0.25) is 4.79 Å². The molecule has 1 aromatic carbocycles. The first-order valence-corrected chi connectivity index (χ1v) is 10.4. The molecule has 0 radical (unpaired) electrons. The number of amides is 1. The zero-order valence-corrected chi connectivity index (χ0v) is 15.6. The molecule has 0 saturated carbocycles. The summed E-state index contributed by atoms with van der Waals surface area (Å²) in [5.74, 6) is -0.0883. The molecule has 1 saturated heterocycles. The number of rotatable bonds is 4. The van der Waals surface area contributed by atoms with Crippen molar-refractivity contribution < 1.29 is 13.2 Å². The Bertz CT molecular complexity index is 865. The Labute approximate surface area is 152 Å². The third-order valence-corrected chi connectivity index (χ3v) is 7.37. The molecule has 1 fully saturated rings. The summed E-state index contributed by atoms with van der Waals surface area (Å²) in [7, 11) is -3.43. The summed E-state index contributed by atoms with van der Waals surface area (Å²) < 4.78 is 26.8. The molecule has 0 spiro atoms. The predicted molar refractivity (Wildman–Crippen MR) is 99.9 cm³/mol. The molecule has 0 unspecified atom stereocenters. The van der Waals surface area contributed by atoms with Crippen LogP contribution in [0.3, 0.4) is 0 Å². The fraction of sp³-hybridized carbons (Fsp3) is 0.278. The molecule has 0 atom stereocenters. The molecule has 2 heterocycles. The molecule has 7 heteroatoms. The number of nitrogens with zero attached hydrogens (tertiary/aromatic N) is 2. The Balaban J connectivity index is 1.59. The van der Waals surface area contributed by atoms with Crippen LogP contribution in [0.2, 0.25) is 0 Å². The maximum absolute atomic E-state index is 12.5. The standard InChI is InChI=1S/C18H20N2O3S2/c1-15-4-2-5-16(14-15)7-8-17(21)19-9-11-20(12-10-19)25(22,23)18-6-3-13-24-18/h2-8,13-14H,9-12H2,1H3/b8-7+. The van der Waals surface area contributed by atoms with Crippen molar-refractivity contribution >= 4 is 33.3 Å². The van der Waals surface area contributed by atoms with E-state index in [2.05, 4.69) is 0 Å². The summed E-state index contributed by atoms with van der Waals surface area (Å²) >= 11 is 1.22. The molecule has 0 bridgehead atoms. The molecule has 3 rings (SSSR count). The van der Waals surface area contributed by atoms with E-state index >= 15 is 0 Å². The molecule has 0 aliphatic carbocycles. The van der Waals surface area contributed by atoms with Crippen LogP contribution in [-0.4, -0.2) is 49.7 Å². The molecule has 132 valence electrons. The van der Waals surface area contributed by atoms with Crippen LogP contribution in [0, 0.1) is 6.92 Å². The summed E-state index contributed by atoms with van der Waals surface area (Å²) in [4.78, 5) is 14.0. The zero-order chi connectivity index (χ0) is 17.9. The van der Waals surface area contributed by atoms with Gasteiger partial charge in [0.25, 0.3) is 10.0 Å². The van der Waals surface area contributed by atoms with E-state index in [-0.39, 0.29) is 5.91 Å². The number of aryl methyl sites for hydroxylation is 1. The van der Waals surface area contributed by atoms with Crippen molar-refractivity contribution in [3.05, 3.63) is 59.0 Å². The average molecular weight is 377 g/mol. The molecule has 1 aliphatic rings. The highest BCUT2D eigenvalue weighted by Crippen LogP contribution is 2.22. The van der Waals surface area contributed by atoms with Crippen molar-refractivity contribution in [2.45, 2.75) is 11.1 Å². The van der Waals surface area contributed by atoms with E-state index in [0.717, 1.165) is 11.1 Å². The minimum Gasteiger partial charge on any atom is -0.337 e. The van der Waals surface area contributed by atoms with Crippen molar-refractivity contribution in [2.24, 2.45) is 0 Å². The van der Waals surface area contributed by atoms with Gasteiger partial charge in [-0.1, -0.05) is 35.9 Å². The first kappa shape index (κ1) is 17.8. The minimum atomic E-state index is -3.43. The summed E-state index contributed by atoms with van der Waals surface area (Å²) in [6.45, 7) is 3.46. The Morgan fingerprint density at radius 3 is 2.52 bits per heavy atom. The van der Waals surface area contributed by atoms with Crippen LogP contribution < -0.4 is 0 Å². The lowest BCUT2D eigenvalue weighted by atomic mass is 10.1. The predicted octanol–water partition coefficient (Wildman–Crippen LogP) is 2.60. The number of benzene rings is 1. The lowest BCUT2D eigenvalue weighted by molar-refractivity contribution is -0.127. The number of hydrogen-bond donors (Lipinski definition) is 0. The van der Waals surface area contributed by atoms with Crippen LogP contribution in [0.1, 0.15) is 11.1 Å². The summed E-state index contributed by atoms with van der Waals surface area (Å²) in [5, 5.41) is 1.75. The Morgan fingerprint density at radius 2 is 1.88 bits per heavy atom. The van der Waals surface area contributed by atoms with Gasteiger partial charge in [-0.25, -0.2) is 8.42 Å². The van der Waals surface area contributed by atoms with Crippen LogP contribution in [0.5, 0.6) is 0 Å². The SMILES string of the molecule is Cc1cccc(/C=C/C(=O)N2CCN(S(=O)(=O)c3cccs3)CC2)c1. The quantitative estimate of drug-likeness (QED) is 0.771. The first-order valence-electron chi connectivity index (χ1n) is 8.04. The van der Waals surface area contributed by atoms with E-state index < -0.39 is 10.0 Å². The molecule has 1 amide bonds. The van der Waals surface area contributed by atoms with E-state index in [1.165, 1.54) is 15.6 Å². The van der Waals surface area contributed by atoms with Crippen LogP contribution >= 0.6 is 11.3 Å². The highest BCUT2D eigenvalue weighted by Gasteiger charge is 2.30. The molecule has 25 heavy (non-hydrogen) atoms. The highest BCUT2D eigenvalue weighted by molar-refractivity contribution is 7.91. The molecule has 2 aromatic rings. The van der Waals surface area contributed by atoms with Crippen molar-refractivity contribution in [3.8, 4) is 0 Å². The van der Waals surface area contributed by atoms with Gasteiger partial charge in [0.1, 0.15) is 4.21 Å². The number of piperazine rings is 1. The number of thiophene rings is 1. The van der Waals surface area contributed by atoms with Crippen molar-refractivity contribution in [2.75, 3.05) is 26.2 Å². The van der Waals surface area contributed by atoms with Gasteiger partial charge in [-0.2, -0.15) is 4.31 Å². The van der Waals surface area contributed by atoms with Crippen molar-refractivity contribution in [1.82, 2.24) is 9.21 Å². The van der Waals surface area contributed by atoms with Gasteiger partial charge in [0.05, 0.1) is 0 Å². The molecule has 5 nitrogen and oxygen atoms in total. The van der Waals surface area contributed by atoms with Gasteiger partial charge < -0.3 is 4.90 Å². The Hall–Kier alpha value is -1.96. The van der Waals surface area contributed by atoms with Gasteiger partial charge in [0.15, 0.2) is 0 Å². The minimum absolute atomic E-state index is 0.0883. The molecule has 1 aliphatic heterocycles. The van der Waals surface area contributed by atoms with Gasteiger partial charge in [0, 0.05) is 32.3 Å². The van der Waals surface area contributed by atoms with Crippen LogP contribution in [0.4, 0.5) is 0 Å². The van der Waals surface area contributed by atoms with Gasteiger partial charge in [0.2, 0.25) is 5.91 Å². The van der Waals surface area contributed by atoms with Crippen LogP contribution in [0.15, 0.2) is 52.1 Å². The van der Waals surface area contributed by atoms with Gasteiger partial charge in [-0.05, 0) is 30.0 Å². The monoisotopic (exact) mass is 376 g/mol. The topological polar surface area (TPSA) is 57.7 Å². The molecule has 1 aromatic heterocycles. The largest absolute Gasteiger partial charge is 0.337 e. The fourth-order valence-corrected chi connectivity index (χ4v) is 5.30. The smallest absolute Gasteiger partial charge is 0.252 e. The van der Waals surface area contributed by atoms with E-state index in [0.29, 0.717) is 30.4 Å². The summed E-state index contributed by atoms with van der Waals surface area (Å²) in [6, 6.07) is 11.3. The van der Waals surface area contributed by atoms with Gasteiger partial charge >= 0.3 is 0 Å². The second-order valence-corrected chi connectivity index (χ2v) is 9.02. The Morgan fingerprint density at radius 1 is 1.12 bits per heavy atom. The van der Waals surface area contributed by atoms with Crippen molar-refractivity contribution in [3.63, 3.8) is 0 Å². The van der Waals surface area contributed by atoms with E-state index in [4.69, 9.17) is 0 Å².